The lowest BCUT2D eigenvalue weighted by Crippen LogP contribution is -2.27. The molecule has 0 saturated carbocycles. The summed E-state index contributed by atoms with van der Waals surface area (Å²) in [6.07, 6.45) is -0.361. The Morgan fingerprint density at radius 3 is 2.43 bits per heavy atom. The summed E-state index contributed by atoms with van der Waals surface area (Å²) in [6.45, 7) is 0.0341. The lowest BCUT2D eigenvalue weighted by atomic mass is 10.2. The first-order valence-corrected chi connectivity index (χ1v) is 8.40. The van der Waals surface area contributed by atoms with Crippen LogP contribution in [0, 0.1) is 0 Å². The molecule has 1 N–H and O–H groups in total. The molecule has 7 nitrogen and oxygen atoms in total. The van der Waals surface area contributed by atoms with Crippen LogP contribution in [0.4, 0.5) is 15.3 Å². The van der Waals surface area contributed by atoms with Crippen LogP contribution in [0.2, 0.25) is 0 Å². The molecule has 0 radical (unpaired) electrons. The Hall–Kier alpha value is -2.00. The summed E-state index contributed by atoms with van der Waals surface area (Å²) in [5, 5.41) is 1.37. The molecule has 1 aliphatic rings. The molecular weight excluding hydrogens is 325 g/mol. The van der Waals surface area contributed by atoms with Crippen molar-refractivity contribution in [2.24, 2.45) is 0 Å². The molecule has 2 amide bonds. The zero-order valence-corrected chi connectivity index (χ0v) is 13.6. The fraction of sp³-hybridized carbons (Fsp3) is 0.429. The van der Waals surface area contributed by atoms with Gasteiger partial charge in [0.15, 0.2) is 0 Å². The molecule has 1 fully saturated rings. The molecular formula is C14H18FN3O4S. The number of nitrogens with zero attached hydrogens (tertiary/aromatic N) is 2. The van der Waals surface area contributed by atoms with Gasteiger partial charge < -0.3 is 15.1 Å². The molecule has 1 saturated heterocycles. The van der Waals surface area contributed by atoms with E-state index in [1.807, 2.05) is 0 Å². The van der Waals surface area contributed by atoms with Crippen molar-refractivity contribution in [3.8, 4) is 0 Å². The molecule has 23 heavy (non-hydrogen) atoms. The zero-order valence-electron chi connectivity index (χ0n) is 12.8. The van der Waals surface area contributed by atoms with Crippen molar-refractivity contribution < 1.29 is 21.9 Å². The first kappa shape index (κ1) is 17.4. The molecule has 126 valence electrons. The Morgan fingerprint density at radius 1 is 1.35 bits per heavy atom. The van der Waals surface area contributed by atoms with Crippen molar-refractivity contribution in [2.75, 3.05) is 37.4 Å². The van der Waals surface area contributed by atoms with Gasteiger partial charge in [0.05, 0.1) is 6.54 Å². The van der Waals surface area contributed by atoms with E-state index in [9.17, 15) is 21.9 Å². The van der Waals surface area contributed by atoms with Gasteiger partial charge in [0, 0.05) is 24.3 Å². The zero-order chi connectivity index (χ0) is 17.2. The Balaban J connectivity index is 2.05. The predicted octanol–water partition coefficient (Wildman–Crippen LogP) is 0.591. The molecule has 0 bridgehead atoms. The highest BCUT2D eigenvalue weighted by Gasteiger charge is 2.38. The quantitative estimate of drug-likeness (QED) is 0.791. The van der Waals surface area contributed by atoms with E-state index >= 15 is 0 Å². The Labute approximate surface area is 134 Å². The van der Waals surface area contributed by atoms with E-state index in [0.717, 1.165) is 0 Å². The highest BCUT2D eigenvalue weighted by Crippen LogP contribution is 2.26. The van der Waals surface area contributed by atoms with E-state index in [1.54, 1.807) is 43.3 Å². The number of rotatable bonds is 5. The van der Waals surface area contributed by atoms with Crippen LogP contribution >= 0.6 is 0 Å². The maximum atomic E-state index is 13.0. The van der Waals surface area contributed by atoms with E-state index in [0.29, 0.717) is 11.4 Å². The molecule has 1 atom stereocenters. The van der Waals surface area contributed by atoms with Crippen molar-refractivity contribution in [1.82, 2.24) is 4.90 Å². The van der Waals surface area contributed by atoms with Crippen LogP contribution in [0.25, 0.3) is 0 Å². The number of hydrogen-bond acceptors (Lipinski definition) is 5. The smallest absolute Gasteiger partial charge is 0.307 e. The normalized spacial score (nSPS) is 18.5. The molecule has 2 rings (SSSR count). The Morgan fingerprint density at radius 2 is 1.96 bits per heavy atom. The first-order chi connectivity index (χ1) is 10.7. The number of amides is 2. The number of carbonyl (C=O) groups excluding carboxylic acids is 2. The van der Waals surface area contributed by atoms with E-state index in [2.05, 4.69) is 5.32 Å². The van der Waals surface area contributed by atoms with E-state index < -0.39 is 21.4 Å². The lowest BCUT2D eigenvalue weighted by molar-refractivity contribution is -0.117. The summed E-state index contributed by atoms with van der Waals surface area (Å²) in [7, 11) is -1.19. The number of likely N-dealkylation sites (N-methyl/N-ethyl adjacent to an activating group) is 1. The largest absolute Gasteiger partial charge is 0.325 e. The maximum absolute atomic E-state index is 13.0. The van der Waals surface area contributed by atoms with Crippen molar-refractivity contribution >= 4 is 33.4 Å². The van der Waals surface area contributed by atoms with Crippen LogP contribution in [0.1, 0.15) is 6.42 Å². The van der Waals surface area contributed by atoms with Crippen LogP contribution in [0.3, 0.4) is 0 Å². The van der Waals surface area contributed by atoms with Crippen LogP contribution in [0.15, 0.2) is 24.3 Å². The van der Waals surface area contributed by atoms with E-state index in [-0.39, 0.29) is 25.4 Å². The van der Waals surface area contributed by atoms with Crippen molar-refractivity contribution in [3.63, 3.8) is 0 Å². The van der Waals surface area contributed by atoms with Gasteiger partial charge in [-0.25, -0.2) is 0 Å². The number of nitrogens with one attached hydrogen (secondary N) is 1. The summed E-state index contributed by atoms with van der Waals surface area (Å²) < 4.78 is 34.9. The minimum atomic E-state index is -4.74. The SMILES string of the molecule is CN(C)CC(=O)Nc1ccc(N2CC(S(=O)(=O)F)CC2=O)cc1. The van der Waals surface area contributed by atoms with E-state index in [4.69, 9.17) is 0 Å². The molecule has 1 unspecified atom stereocenters. The van der Waals surface area contributed by atoms with Crippen LogP contribution in [0.5, 0.6) is 0 Å². The highest BCUT2D eigenvalue weighted by atomic mass is 32.3. The summed E-state index contributed by atoms with van der Waals surface area (Å²) in [4.78, 5) is 26.4. The molecule has 1 heterocycles. The van der Waals surface area contributed by atoms with Gasteiger partial charge in [-0.2, -0.15) is 8.42 Å². The summed E-state index contributed by atoms with van der Waals surface area (Å²) in [6, 6.07) is 6.37. The van der Waals surface area contributed by atoms with Crippen LogP contribution in [-0.4, -0.2) is 57.6 Å². The first-order valence-electron chi connectivity index (χ1n) is 6.95. The van der Waals surface area contributed by atoms with Crippen molar-refractivity contribution in [3.05, 3.63) is 24.3 Å². The molecule has 0 aromatic heterocycles. The molecule has 1 aromatic carbocycles. The Bertz CT molecular complexity index is 703. The van der Waals surface area contributed by atoms with Gasteiger partial charge in [0.1, 0.15) is 5.25 Å². The highest BCUT2D eigenvalue weighted by molar-refractivity contribution is 7.87. The van der Waals surface area contributed by atoms with Crippen molar-refractivity contribution in [1.29, 1.82) is 0 Å². The van der Waals surface area contributed by atoms with Gasteiger partial charge in [-0.15, -0.1) is 3.89 Å². The standard InChI is InChI=1S/C14H18FN3O4S/c1-17(2)9-13(19)16-10-3-5-11(6-4-10)18-8-12(7-14(18)20)23(15,21)22/h3-6,12H,7-9H2,1-2H3,(H,16,19). The number of carbonyl (C=O) groups is 2. The molecule has 9 heteroatoms. The fourth-order valence-electron chi connectivity index (χ4n) is 2.33. The molecule has 0 aliphatic carbocycles. The van der Waals surface area contributed by atoms with Gasteiger partial charge in [-0.05, 0) is 38.4 Å². The van der Waals surface area contributed by atoms with Crippen LogP contribution < -0.4 is 10.2 Å². The van der Waals surface area contributed by atoms with Crippen molar-refractivity contribution in [2.45, 2.75) is 11.7 Å². The number of halogens is 1. The minimum absolute atomic E-state index is 0.177. The number of hydrogen-bond donors (Lipinski definition) is 1. The third kappa shape index (κ3) is 4.49. The second-order valence-electron chi connectivity index (χ2n) is 5.64. The summed E-state index contributed by atoms with van der Waals surface area (Å²) in [5.41, 5.74) is 1.02. The number of anilines is 2. The van der Waals surface area contributed by atoms with Crippen LogP contribution in [-0.2, 0) is 19.8 Å². The molecule has 0 spiro atoms. The van der Waals surface area contributed by atoms with Gasteiger partial charge >= 0.3 is 10.2 Å². The molecule has 1 aromatic rings. The van der Waals surface area contributed by atoms with Gasteiger partial charge in [-0.3, -0.25) is 9.59 Å². The summed E-state index contributed by atoms with van der Waals surface area (Å²) in [5.74, 6) is -0.621. The Kier molecular flexibility index (Phi) is 5.00. The van der Waals surface area contributed by atoms with Gasteiger partial charge in [0.2, 0.25) is 11.8 Å². The average molecular weight is 343 g/mol. The lowest BCUT2D eigenvalue weighted by Gasteiger charge is -2.17. The maximum Gasteiger partial charge on any atom is 0.307 e. The second kappa shape index (κ2) is 6.63. The van der Waals surface area contributed by atoms with E-state index in [1.165, 1.54) is 4.90 Å². The third-order valence-electron chi connectivity index (χ3n) is 3.41. The number of benzene rings is 1. The predicted molar refractivity (Wildman–Crippen MR) is 84.4 cm³/mol. The topological polar surface area (TPSA) is 86.8 Å². The van der Waals surface area contributed by atoms with Gasteiger partial charge in [-0.1, -0.05) is 0 Å². The second-order valence-corrected chi connectivity index (χ2v) is 7.26. The molecule has 1 aliphatic heterocycles. The summed E-state index contributed by atoms with van der Waals surface area (Å²) >= 11 is 0. The average Bonchev–Trinajstić information content (AvgIpc) is 2.81. The third-order valence-corrected chi connectivity index (χ3v) is 4.52. The minimum Gasteiger partial charge on any atom is -0.325 e. The fourth-order valence-corrected chi connectivity index (χ4v) is 2.99. The van der Waals surface area contributed by atoms with Gasteiger partial charge in [0.25, 0.3) is 0 Å². The monoisotopic (exact) mass is 343 g/mol.